The standard InChI is InChI=1S/C49H99N5O4.U/c1-7-10-13-16-20-29-36-46-58-48(55)40-32-25-22-27-34-43-54(44-37-41-53(6)49(50-51-56)52(4)5)42-33-26-19-21-28-35-45-57-47(38-30-23-17-14-11-8-2)39-31-24-18-15-12-9-3;/h45,47H,6-44,46,51H2,1-5H3;/b50-49+;. The Kier molecular flexibility index (Phi) is 49.8. The zero-order valence-corrected chi connectivity index (χ0v) is 44.1. The zero-order valence-electron chi connectivity index (χ0n) is 39.9. The number of quaternary nitrogens is 1. The van der Waals surface area contributed by atoms with Gasteiger partial charge in [0.05, 0.1) is 27.2 Å². The van der Waals surface area contributed by atoms with E-state index in [1.165, 1.54) is 180 Å². The van der Waals surface area contributed by atoms with Gasteiger partial charge < -0.3 is 19.6 Å². The van der Waals surface area contributed by atoms with Crippen molar-refractivity contribution in [3.8, 4) is 0 Å². The van der Waals surface area contributed by atoms with Crippen LogP contribution in [0.1, 0.15) is 239 Å². The minimum Gasteiger partial charge on any atom is -0.596 e. The van der Waals surface area contributed by atoms with Gasteiger partial charge in [-0.15, -0.1) is 0 Å². The van der Waals surface area contributed by atoms with Crippen LogP contribution in [0.15, 0.2) is 5.10 Å². The Bertz CT molecular complexity index is 909. The fourth-order valence-corrected chi connectivity index (χ4v) is 7.78. The molecular weight excluding hydrogens is 961 g/mol. The van der Waals surface area contributed by atoms with Crippen molar-refractivity contribution in [3.63, 3.8) is 0 Å². The molecule has 0 spiro atoms. The normalized spacial score (nSPS) is 11.8. The van der Waals surface area contributed by atoms with Gasteiger partial charge in [0.15, 0.2) is 0 Å². The van der Waals surface area contributed by atoms with Gasteiger partial charge in [0, 0.05) is 56.9 Å². The second-order valence-electron chi connectivity index (χ2n) is 17.3. The summed E-state index contributed by atoms with van der Waals surface area (Å²) in [7, 11) is 3.78. The van der Waals surface area contributed by atoms with Gasteiger partial charge in [-0.05, 0) is 58.0 Å². The first-order valence-corrected chi connectivity index (χ1v) is 25.0. The molecule has 0 aromatic rings. The third-order valence-corrected chi connectivity index (χ3v) is 11.5. The molecular formula is C49H99N5O4U. The molecule has 0 saturated carbocycles. The molecule has 59 heavy (non-hydrogen) atoms. The van der Waals surface area contributed by atoms with Gasteiger partial charge >= 0.3 is 11.9 Å². The van der Waals surface area contributed by atoms with Crippen LogP contribution in [-0.4, -0.2) is 86.0 Å². The summed E-state index contributed by atoms with van der Waals surface area (Å²) in [5.74, 6) is 0.571. The van der Waals surface area contributed by atoms with Crippen molar-refractivity contribution in [2.75, 3.05) is 46.9 Å². The van der Waals surface area contributed by atoms with Crippen molar-refractivity contribution in [3.05, 3.63) is 11.8 Å². The van der Waals surface area contributed by atoms with E-state index in [1.807, 2.05) is 23.6 Å². The van der Waals surface area contributed by atoms with E-state index < -0.39 is 0 Å². The molecule has 0 aromatic heterocycles. The van der Waals surface area contributed by atoms with Crippen LogP contribution in [0, 0.1) is 42.9 Å². The Labute approximate surface area is 390 Å². The van der Waals surface area contributed by atoms with Gasteiger partial charge in [0.1, 0.15) is 5.10 Å². The van der Waals surface area contributed by atoms with Crippen LogP contribution in [0.25, 0.3) is 0 Å². The summed E-state index contributed by atoms with van der Waals surface area (Å²) in [6.07, 6.45) is 42.2. The average Bonchev–Trinajstić information content (AvgIpc) is 3.21. The topological polar surface area (TPSA) is 97.0 Å². The van der Waals surface area contributed by atoms with Crippen molar-refractivity contribution in [2.45, 2.75) is 245 Å². The molecule has 0 amide bonds. The first kappa shape index (κ1) is 60.6. The smallest absolute Gasteiger partial charge is 0.447 e. The van der Waals surface area contributed by atoms with E-state index in [0.717, 1.165) is 58.3 Å². The number of rotatable bonds is 45. The van der Waals surface area contributed by atoms with Crippen LogP contribution in [-0.2, 0) is 14.3 Å². The molecule has 10 heteroatoms. The van der Waals surface area contributed by atoms with E-state index in [2.05, 4.69) is 44.1 Å². The molecule has 0 aliphatic carbocycles. The maximum absolute atomic E-state index is 12.2. The Balaban J connectivity index is 0. The van der Waals surface area contributed by atoms with Gasteiger partial charge in [-0.3, -0.25) is 9.69 Å². The summed E-state index contributed by atoms with van der Waals surface area (Å²) in [5.41, 5.74) is 0.594. The van der Waals surface area contributed by atoms with E-state index >= 15 is 0 Å². The van der Waals surface area contributed by atoms with Crippen molar-refractivity contribution >= 4 is 18.6 Å². The van der Waals surface area contributed by atoms with Crippen molar-refractivity contribution in [1.29, 1.82) is 0 Å². The Hall–Kier alpha value is -0.498. The number of carbonyl (C=O) groups is 1. The molecule has 0 rings (SSSR count). The molecule has 9 nitrogen and oxygen atoms in total. The summed E-state index contributed by atoms with van der Waals surface area (Å²) in [6.45, 7) is 17.7. The Morgan fingerprint density at radius 2 is 1.08 bits per heavy atom. The number of carbonyl (C=O) groups excluding carboxylic acids is 1. The summed E-state index contributed by atoms with van der Waals surface area (Å²) in [6, 6.07) is 0. The Morgan fingerprint density at radius 3 is 1.59 bits per heavy atom. The number of nitrogens with zero attached hydrogens (tertiary/aromatic N) is 4. The minimum atomic E-state index is -0.0232. The van der Waals surface area contributed by atoms with Crippen LogP contribution in [0.2, 0.25) is 0 Å². The van der Waals surface area contributed by atoms with Crippen LogP contribution in [0.5, 0.6) is 0 Å². The molecule has 0 saturated heterocycles. The predicted octanol–water partition coefficient (Wildman–Crippen LogP) is 12.3. The maximum Gasteiger partial charge on any atom is 0.447 e. The number of hydrogen-bond donors (Lipinski definition) is 1. The molecule has 0 heterocycles. The SMILES string of the molecule is C=[N+](CCCN(CCCCCCC[CH-]OC(CCCCCCCC)CCCCCCCC)CCCCCCCC(=O)OCCCCCCCCC)/C(=N/[NH2+][O-])N(C)C.[U]. The van der Waals surface area contributed by atoms with Crippen LogP contribution >= 0.6 is 0 Å². The fraction of sp³-hybridized carbons (Fsp3) is 0.918. The molecule has 0 atom stereocenters. The number of unbranched alkanes of at least 4 members (excludes halogenated alkanes) is 25. The Morgan fingerprint density at radius 1 is 0.644 bits per heavy atom. The summed E-state index contributed by atoms with van der Waals surface area (Å²) < 4.78 is 13.7. The third-order valence-electron chi connectivity index (χ3n) is 11.5. The van der Waals surface area contributed by atoms with Gasteiger partial charge in [0.2, 0.25) is 0 Å². The van der Waals surface area contributed by atoms with E-state index in [0.29, 0.717) is 30.7 Å². The molecule has 0 aliphatic heterocycles. The number of guanidine groups is 1. The fourth-order valence-electron chi connectivity index (χ4n) is 7.78. The summed E-state index contributed by atoms with van der Waals surface area (Å²) in [4.78, 5) is 16.6. The molecule has 0 bridgehead atoms. The van der Waals surface area contributed by atoms with Crippen LogP contribution in [0.3, 0.4) is 0 Å². The van der Waals surface area contributed by atoms with Gasteiger partial charge in [-0.2, -0.15) is 12.0 Å². The largest absolute Gasteiger partial charge is 0.596 e. The number of esters is 1. The molecule has 0 aromatic carbocycles. The van der Waals surface area contributed by atoms with Crippen molar-refractivity contribution < 1.29 is 55.5 Å². The summed E-state index contributed by atoms with van der Waals surface area (Å²) >= 11 is 0. The average molecular weight is 1060 g/mol. The van der Waals surface area contributed by atoms with Crippen LogP contribution < -0.4 is 5.59 Å². The molecule has 348 valence electrons. The van der Waals surface area contributed by atoms with Gasteiger partial charge in [-0.25, -0.2) is 11.2 Å². The number of nitrogens with two attached hydrogens (primary N) is 1. The van der Waals surface area contributed by atoms with Crippen molar-refractivity contribution in [1.82, 2.24) is 9.80 Å². The molecule has 2 N–H and O–H groups in total. The minimum absolute atomic E-state index is 0. The van der Waals surface area contributed by atoms with Crippen molar-refractivity contribution in [2.24, 2.45) is 5.10 Å². The quantitative estimate of drug-likeness (QED) is 0.00954. The maximum atomic E-state index is 12.2. The van der Waals surface area contributed by atoms with Crippen LogP contribution in [0.4, 0.5) is 0 Å². The number of ether oxygens (including phenoxy) is 2. The molecule has 0 aliphatic rings. The van der Waals surface area contributed by atoms with E-state index in [4.69, 9.17) is 9.47 Å². The second-order valence-corrected chi connectivity index (χ2v) is 17.3. The monoisotopic (exact) mass is 1060 g/mol. The molecule has 0 unspecified atom stereocenters. The van der Waals surface area contributed by atoms with Gasteiger partial charge in [0.25, 0.3) is 0 Å². The summed E-state index contributed by atoms with van der Waals surface area (Å²) in [5, 5.41) is 15.0. The van der Waals surface area contributed by atoms with E-state index in [9.17, 15) is 10.0 Å². The number of hydrogen-bond acceptors (Lipinski definition) is 6. The molecule has 0 radical (unpaired) electrons. The molecule has 0 fully saturated rings. The van der Waals surface area contributed by atoms with E-state index in [1.54, 1.807) is 0 Å². The predicted molar refractivity (Wildman–Crippen MR) is 249 cm³/mol. The third kappa shape index (κ3) is 42.6. The first-order valence-electron chi connectivity index (χ1n) is 25.0. The zero-order chi connectivity index (χ0) is 42.6. The second kappa shape index (κ2) is 48.5. The van der Waals surface area contributed by atoms with E-state index in [-0.39, 0.29) is 37.1 Å². The van der Waals surface area contributed by atoms with Gasteiger partial charge in [-0.1, -0.05) is 181 Å². The first-order chi connectivity index (χ1) is 28.4.